The number of carbonyl (C=O) groups excluding carboxylic acids is 2. The van der Waals surface area contributed by atoms with Gasteiger partial charge in [0.1, 0.15) is 17.6 Å². The van der Waals surface area contributed by atoms with Gasteiger partial charge < -0.3 is 14.9 Å². The Morgan fingerprint density at radius 3 is 2.41 bits per heavy atom. The molecule has 3 heterocycles. The maximum atomic E-state index is 13.7. The Kier molecular flexibility index (Phi) is 6.66. The minimum atomic E-state index is -0.864. The number of fused-ring (bicyclic) bond motifs is 1. The van der Waals surface area contributed by atoms with Crippen molar-refractivity contribution in [3.8, 4) is 6.07 Å². The lowest BCUT2D eigenvalue weighted by Gasteiger charge is -2.41. The molecule has 5 unspecified atom stereocenters. The van der Waals surface area contributed by atoms with Crippen LogP contribution in [-0.2, 0) is 9.59 Å². The highest BCUT2D eigenvalue weighted by Gasteiger charge is 2.54. The third kappa shape index (κ3) is 4.67. The van der Waals surface area contributed by atoms with Crippen molar-refractivity contribution >= 4 is 23.2 Å². The Bertz CT molecular complexity index is 1360. The van der Waals surface area contributed by atoms with Gasteiger partial charge in [0, 0.05) is 11.6 Å². The van der Waals surface area contributed by atoms with Gasteiger partial charge >= 0.3 is 0 Å². The van der Waals surface area contributed by atoms with E-state index in [1.165, 1.54) is 4.90 Å². The molecule has 8 nitrogen and oxygen atoms in total. The van der Waals surface area contributed by atoms with Gasteiger partial charge in [-0.25, -0.2) is 9.91 Å². The molecule has 0 spiro atoms. The van der Waals surface area contributed by atoms with Crippen LogP contribution in [0.1, 0.15) is 36.3 Å². The van der Waals surface area contributed by atoms with Crippen molar-refractivity contribution in [3.05, 3.63) is 96.0 Å². The molecular weight excluding hydrogens is 468 g/mol. The number of hydrogen-bond acceptors (Lipinski definition) is 7. The first-order valence-corrected chi connectivity index (χ1v) is 12.3. The predicted molar refractivity (Wildman–Crippen MR) is 138 cm³/mol. The minimum Gasteiger partial charge on any atom is -0.466 e. The number of para-hydroxylation sites is 1. The average molecular weight is 497 g/mol. The quantitative estimate of drug-likeness (QED) is 0.374. The van der Waals surface area contributed by atoms with Gasteiger partial charge in [0.15, 0.2) is 0 Å². The maximum absolute atomic E-state index is 13.7. The van der Waals surface area contributed by atoms with Crippen LogP contribution in [0.2, 0.25) is 0 Å². The van der Waals surface area contributed by atoms with E-state index in [1.807, 2.05) is 32.0 Å². The Balaban J connectivity index is 1.47. The Hall–Kier alpha value is -4.19. The van der Waals surface area contributed by atoms with Gasteiger partial charge in [0.05, 0.1) is 35.4 Å². The first-order valence-electron chi connectivity index (χ1n) is 12.3. The number of anilines is 2. The fourth-order valence-corrected chi connectivity index (χ4v) is 5.06. The van der Waals surface area contributed by atoms with E-state index >= 15 is 0 Å². The van der Waals surface area contributed by atoms with E-state index in [2.05, 4.69) is 11.5 Å². The van der Waals surface area contributed by atoms with E-state index < -0.39 is 24.1 Å². The number of nitriles is 1. The van der Waals surface area contributed by atoms with Crippen LogP contribution in [0.15, 0.2) is 83.3 Å². The molecular formula is C29H28N4O4. The van der Waals surface area contributed by atoms with Gasteiger partial charge in [-0.1, -0.05) is 37.3 Å². The number of rotatable bonds is 7. The molecule has 2 amide bonds. The summed E-state index contributed by atoms with van der Waals surface area (Å²) in [5.41, 5.74) is 4.92. The number of amides is 2. The third-order valence-electron chi connectivity index (χ3n) is 6.98. The standard InChI is InChI=1S/C29H28N4O4/c1-18(26-15-8-19(2)37-26)16-25(34)24-14-13-23-27(33(24)31-21-11-9-20(17-30)10-12-21)29(36)32(28(23)35)22-6-4-3-5-7-22/h3-15,18,23-25,27,31,34H,16H2,1-2H3. The zero-order valence-electron chi connectivity index (χ0n) is 20.6. The molecule has 0 bridgehead atoms. The summed E-state index contributed by atoms with van der Waals surface area (Å²) in [7, 11) is 0. The fourth-order valence-electron chi connectivity index (χ4n) is 5.06. The number of aliphatic hydroxyl groups excluding tert-OH is 1. The molecule has 0 aliphatic carbocycles. The topological polar surface area (TPSA) is 110 Å². The summed E-state index contributed by atoms with van der Waals surface area (Å²) in [6.07, 6.45) is 3.05. The summed E-state index contributed by atoms with van der Waals surface area (Å²) in [6, 6.07) is 20.1. The fraction of sp³-hybridized carbons (Fsp3) is 0.276. The van der Waals surface area contributed by atoms with Gasteiger partial charge in [-0.2, -0.15) is 5.26 Å². The lowest BCUT2D eigenvalue weighted by atomic mass is 9.89. The molecule has 3 aromatic rings. The zero-order valence-corrected chi connectivity index (χ0v) is 20.6. The summed E-state index contributed by atoms with van der Waals surface area (Å²) in [5, 5.41) is 22.2. The van der Waals surface area contributed by atoms with Crippen molar-refractivity contribution in [2.45, 2.75) is 44.4 Å². The number of aryl methyl sites for hydroxylation is 1. The van der Waals surface area contributed by atoms with Crippen molar-refractivity contribution < 1.29 is 19.1 Å². The lowest BCUT2D eigenvalue weighted by molar-refractivity contribution is -0.123. The van der Waals surface area contributed by atoms with Crippen LogP contribution in [0.5, 0.6) is 0 Å². The Morgan fingerprint density at radius 2 is 1.76 bits per heavy atom. The molecule has 2 aromatic carbocycles. The highest BCUT2D eigenvalue weighted by Crippen LogP contribution is 2.37. The highest BCUT2D eigenvalue weighted by atomic mass is 16.3. The van der Waals surface area contributed by atoms with E-state index in [-0.39, 0.29) is 17.7 Å². The number of furan rings is 1. The summed E-state index contributed by atoms with van der Waals surface area (Å²) >= 11 is 0. The largest absolute Gasteiger partial charge is 0.466 e. The van der Waals surface area contributed by atoms with E-state index in [9.17, 15) is 14.7 Å². The number of imide groups is 1. The van der Waals surface area contributed by atoms with Gasteiger partial charge in [-0.05, 0) is 61.9 Å². The maximum Gasteiger partial charge on any atom is 0.254 e. The highest BCUT2D eigenvalue weighted by molar-refractivity contribution is 6.24. The second-order valence-electron chi connectivity index (χ2n) is 9.55. The van der Waals surface area contributed by atoms with Crippen LogP contribution in [-0.4, -0.2) is 40.1 Å². The number of hydrogen-bond donors (Lipinski definition) is 2. The van der Waals surface area contributed by atoms with E-state index in [4.69, 9.17) is 9.68 Å². The first kappa shape index (κ1) is 24.5. The first-order chi connectivity index (χ1) is 17.9. The minimum absolute atomic E-state index is 0.0617. The smallest absolute Gasteiger partial charge is 0.254 e. The molecule has 0 radical (unpaired) electrons. The number of benzene rings is 2. The Morgan fingerprint density at radius 1 is 1.03 bits per heavy atom. The van der Waals surface area contributed by atoms with Gasteiger partial charge in [0.25, 0.3) is 5.91 Å². The molecule has 2 aliphatic rings. The molecule has 188 valence electrons. The molecule has 1 saturated heterocycles. The molecule has 2 aliphatic heterocycles. The number of carbonyl (C=O) groups is 2. The molecule has 8 heteroatoms. The molecule has 37 heavy (non-hydrogen) atoms. The zero-order chi connectivity index (χ0) is 26.1. The number of hydrazine groups is 1. The lowest BCUT2D eigenvalue weighted by Crippen LogP contribution is -2.57. The van der Waals surface area contributed by atoms with Gasteiger partial charge in [-0.3, -0.25) is 9.59 Å². The van der Waals surface area contributed by atoms with Crippen LogP contribution >= 0.6 is 0 Å². The van der Waals surface area contributed by atoms with Crippen molar-refractivity contribution in [2.75, 3.05) is 10.3 Å². The predicted octanol–water partition coefficient (Wildman–Crippen LogP) is 4.14. The van der Waals surface area contributed by atoms with Crippen LogP contribution < -0.4 is 10.3 Å². The van der Waals surface area contributed by atoms with E-state index in [1.54, 1.807) is 65.7 Å². The van der Waals surface area contributed by atoms with Crippen LogP contribution in [0.4, 0.5) is 11.4 Å². The van der Waals surface area contributed by atoms with Crippen LogP contribution in [0.3, 0.4) is 0 Å². The monoisotopic (exact) mass is 496 g/mol. The molecule has 5 rings (SSSR count). The molecule has 2 N–H and O–H groups in total. The number of aliphatic hydroxyl groups is 1. The van der Waals surface area contributed by atoms with Crippen molar-refractivity contribution in [2.24, 2.45) is 5.92 Å². The molecule has 1 fully saturated rings. The second kappa shape index (κ2) is 10.1. The summed E-state index contributed by atoms with van der Waals surface area (Å²) in [5.74, 6) is 0.149. The van der Waals surface area contributed by atoms with Crippen LogP contribution in [0.25, 0.3) is 0 Å². The SMILES string of the molecule is Cc1ccc(C(C)CC(O)C2C=CC3C(=O)N(c4ccccc4)C(=O)C3N2Nc2ccc(C#N)cc2)o1. The summed E-state index contributed by atoms with van der Waals surface area (Å²) in [4.78, 5) is 28.3. The number of nitrogens with one attached hydrogen (secondary N) is 1. The average Bonchev–Trinajstić information content (AvgIpc) is 3.46. The van der Waals surface area contributed by atoms with E-state index in [0.717, 1.165) is 11.5 Å². The third-order valence-corrected chi connectivity index (χ3v) is 6.98. The molecule has 5 atom stereocenters. The van der Waals surface area contributed by atoms with E-state index in [0.29, 0.717) is 23.4 Å². The summed E-state index contributed by atoms with van der Waals surface area (Å²) < 4.78 is 5.75. The molecule has 1 aromatic heterocycles. The van der Waals surface area contributed by atoms with Crippen LogP contribution in [0, 0.1) is 24.2 Å². The molecule has 0 saturated carbocycles. The van der Waals surface area contributed by atoms with Crippen molar-refractivity contribution in [1.29, 1.82) is 5.26 Å². The second-order valence-corrected chi connectivity index (χ2v) is 9.55. The summed E-state index contributed by atoms with van der Waals surface area (Å²) in [6.45, 7) is 3.86. The van der Waals surface area contributed by atoms with Gasteiger partial charge in [0.2, 0.25) is 5.91 Å². The van der Waals surface area contributed by atoms with Gasteiger partial charge in [-0.15, -0.1) is 0 Å². The normalized spacial score (nSPS) is 23.0. The van der Waals surface area contributed by atoms with Crippen molar-refractivity contribution in [3.63, 3.8) is 0 Å². The number of nitrogens with zero attached hydrogens (tertiary/aromatic N) is 3. The van der Waals surface area contributed by atoms with Crippen molar-refractivity contribution in [1.82, 2.24) is 5.01 Å². The Labute approximate surface area is 215 Å².